The van der Waals surface area contributed by atoms with Gasteiger partial charge in [0.1, 0.15) is 0 Å². The Morgan fingerprint density at radius 2 is 1.65 bits per heavy atom. The molecule has 0 rings (SSSR count). The average molecular weight is 325 g/mol. The van der Waals surface area contributed by atoms with Crippen LogP contribution in [0.3, 0.4) is 0 Å². The number of nitro groups is 1. The molecular formula is C18H31NO4. The van der Waals surface area contributed by atoms with E-state index in [4.69, 9.17) is 5.11 Å². The summed E-state index contributed by atoms with van der Waals surface area (Å²) >= 11 is 0. The molecule has 0 aliphatic heterocycles. The van der Waals surface area contributed by atoms with Crippen LogP contribution in [0.1, 0.15) is 84.0 Å². The lowest BCUT2D eigenvalue weighted by Gasteiger charge is -1.99. The van der Waals surface area contributed by atoms with Crippen molar-refractivity contribution in [2.24, 2.45) is 0 Å². The van der Waals surface area contributed by atoms with E-state index in [1.54, 1.807) is 6.08 Å². The van der Waals surface area contributed by atoms with Crippen molar-refractivity contribution in [1.29, 1.82) is 0 Å². The zero-order valence-corrected chi connectivity index (χ0v) is 14.3. The lowest BCUT2D eigenvalue weighted by atomic mass is 10.1. The van der Waals surface area contributed by atoms with Crippen LogP contribution in [0.2, 0.25) is 0 Å². The van der Waals surface area contributed by atoms with Gasteiger partial charge in [-0.2, -0.15) is 0 Å². The molecule has 0 aromatic rings. The number of hydrogen-bond acceptors (Lipinski definition) is 3. The van der Waals surface area contributed by atoms with Gasteiger partial charge >= 0.3 is 5.97 Å². The predicted molar refractivity (Wildman–Crippen MR) is 92.9 cm³/mol. The van der Waals surface area contributed by atoms with Crippen molar-refractivity contribution in [2.45, 2.75) is 84.0 Å². The summed E-state index contributed by atoms with van der Waals surface area (Å²) in [7, 11) is 0. The molecule has 0 radical (unpaired) electrons. The first-order valence-corrected chi connectivity index (χ1v) is 8.78. The van der Waals surface area contributed by atoms with Gasteiger partial charge in [0, 0.05) is 6.42 Å². The number of carbonyl (C=O) groups is 1. The van der Waals surface area contributed by atoms with Gasteiger partial charge in [-0.3, -0.25) is 14.9 Å². The fourth-order valence-electron chi connectivity index (χ4n) is 2.29. The third kappa shape index (κ3) is 15.0. The van der Waals surface area contributed by atoms with Gasteiger partial charge in [0.25, 0.3) is 0 Å². The van der Waals surface area contributed by atoms with Crippen molar-refractivity contribution in [2.75, 3.05) is 0 Å². The second kappa shape index (κ2) is 15.3. The minimum atomic E-state index is -0.744. The van der Waals surface area contributed by atoms with Crippen LogP contribution in [0.25, 0.3) is 0 Å². The van der Waals surface area contributed by atoms with Gasteiger partial charge in [-0.25, -0.2) is 0 Å². The highest BCUT2D eigenvalue weighted by atomic mass is 16.6. The van der Waals surface area contributed by atoms with Crippen molar-refractivity contribution in [3.05, 3.63) is 34.0 Å². The summed E-state index contributed by atoms with van der Waals surface area (Å²) in [5, 5.41) is 19.5. The SMILES string of the molecule is CCCCC/C=C\C/C(=C/CCCCCCCC(=O)O)[N+](=O)[O-]. The molecule has 0 amide bonds. The van der Waals surface area contributed by atoms with Crippen LogP contribution in [0, 0.1) is 10.1 Å². The highest BCUT2D eigenvalue weighted by Gasteiger charge is 2.07. The summed E-state index contributed by atoms with van der Waals surface area (Å²) in [5.41, 5.74) is 0.280. The van der Waals surface area contributed by atoms with Crippen molar-refractivity contribution >= 4 is 5.97 Å². The molecule has 0 saturated heterocycles. The Bertz CT molecular complexity index is 388. The van der Waals surface area contributed by atoms with E-state index in [0.29, 0.717) is 12.8 Å². The largest absolute Gasteiger partial charge is 0.481 e. The summed E-state index contributed by atoms with van der Waals surface area (Å²) in [6.45, 7) is 2.16. The minimum absolute atomic E-state index is 0.232. The number of hydrogen-bond donors (Lipinski definition) is 1. The predicted octanol–water partition coefficient (Wildman–Crippen LogP) is 5.49. The van der Waals surface area contributed by atoms with Crippen molar-refractivity contribution in [1.82, 2.24) is 0 Å². The summed E-state index contributed by atoms with van der Waals surface area (Å²) < 4.78 is 0. The maximum absolute atomic E-state index is 11.0. The number of carboxylic acid groups (broad SMARTS) is 1. The maximum Gasteiger partial charge on any atom is 0.303 e. The highest BCUT2D eigenvalue weighted by molar-refractivity contribution is 5.66. The van der Waals surface area contributed by atoms with Crippen LogP contribution in [-0.4, -0.2) is 16.0 Å². The molecule has 132 valence electrons. The average Bonchev–Trinajstić information content (AvgIpc) is 2.50. The second-order valence-corrected chi connectivity index (χ2v) is 5.82. The quantitative estimate of drug-likeness (QED) is 0.187. The molecule has 23 heavy (non-hydrogen) atoms. The molecule has 0 unspecified atom stereocenters. The molecule has 0 atom stereocenters. The highest BCUT2D eigenvalue weighted by Crippen LogP contribution is 2.11. The van der Waals surface area contributed by atoms with Crippen LogP contribution in [0.4, 0.5) is 0 Å². The molecule has 0 saturated carbocycles. The molecule has 5 nitrogen and oxygen atoms in total. The molecule has 0 fully saturated rings. The Labute approximate surface area is 139 Å². The van der Waals surface area contributed by atoms with E-state index >= 15 is 0 Å². The molecule has 0 bridgehead atoms. The molecule has 0 aliphatic carbocycles. The summed E-state index contributed by atoms with van der Waals surface area (Å²) in [6.07, 6.45) is 16.1. The zero-order valence-electron chi connectivity index (χ0n) is 14.3. The van der Waals surface area contributed by atoms with Gasteiger partial charge < -0.3 is 5.11 Å². The Kier molecular flexibility index (Phi) is 14.2. The van der Waals surface area contributed by atoms with Crippen LogP contribution < -0.4 is 0 Å². The first kappa shape index (κ1) is 21.4. The van der Waals surface area contributed by atoms with Gasteiger partial charge in [-0.1, -0.05) is 51.2 Å². The second-order valence-electron chi connectivity index (χ2n) is 5.82. The number of allylic oxidation sites excluding steroid dienone is 3. The normalized spacial score (nSPS) is 12.0. The Balaban J connectivity index is 3.81. The molecule has 0 aromatic carbocycles. The van der Waals surface area contributed by atoms with Gasteiger partial charge in [0.2, 0.25) is 5.70 Å². The maximum atomic E-state index is 11.0. The van der Waals surface area contributed by atoms with E-state index in [9.17, 15) is 14.9 Å². The van der Waals surface area contributed by atoms with Crippen molar-refractivity contribution in [3.63, 3.8) is 0 Å². The van der Waals surface area contributed by atoms with Crippen LogP contribution in [0.5, 0.6) is 0 Å². The molecule has 0 spiro atoms. The van der Waals surface area contributed by atoms with Gasteiger partial charge in [-0.05, 0) is 38.2 Å². The molecule has 0 aliphatic rings. The number of aliphatic carboxylic acids is 1. The summed E-state index contributed by atoms with van der Waals surface area (Å²) in [4.78, 5) is 21.1. The molecule has 0 heterocycles. The van der Waals surface area contributed by atoms with Crippen molar-refractivity contribution in [3.8, 4) is 0 Å². The third-order valence-corrected chi connectivity index (χ3v) is 3.68. The number of carboxylic acids is 1. The van der Waals surface area contributed by atoms with Crippen LogP contribution >= 0.6 is 0 Å². The van der Waals surface area contributed by atoms with Gasteiger partial charge in [0.05, 0.1) is 11.3 Å². The zero-order chi connectivity index (χ0) is 17.3. The van der Waals surface area contributed by atoms with Crippen LogP contribution in [-0.2, 0) is 4.79 Å². The van der Waals surface area contributed by atoms with Gasteiger partial charge in [0.15, 0.2) is 0 Å². The fraction of sp³-hybridized carbons (Fsp3) is 0.722. The molecule has 0 aromatic heterocycles. The lowest BCUT2D eigenvalue weighted by molar-refractivity contribution is -0.427. The van der Waals surface area contributed by atoms with Gasteiger partial charge in [-0.15, -0.1) is 0 Å². The monoisotopic (exact) mass is 325 g/mol. The molecule has 5 heteroatoms. The smallest absolute Gasteiger partial charge is 0.303 e. The fourth-order valence-corrected chi connectivity index (χ4v) is 2.29. The summed E-state index contributed by atoms with van der Waals surface area (Å²) in [6, 6.07) is 0. The minimum Gasteiger partial charge on any atom is -0.481 e. The Morgan fingerprint density at radius 3 is 2.30 bits per heavy atom. The number of nitrogens with zero attached hydrogens (tertiary/aromatic N) is 1. The topological polar surface area (TPSA) is 80.4 Å². The first-order valence-electron chi connectivity index (χ1n) is 8.78. The van der Waals surface area contributed by atoms with E-state index in [2.05, 4.69) is 6.92 Å². The van der Waals surface area contributed by atoms with E-state index in [0.717, 1.165) is 44.9 Å². The van der Waals surface area contributed by atoms with E-state index in [1.165, 1.54) is 12.8 Å². The van der Waals surface area contributed by atoms with E-state index in [-0.39, 0.29) is 17.0 Å². The Hall–Kier alpha value is -1.65. The number of rotatable bonds is 15. The van der Waals surface area contributed by atoms with E-state index in [1.807, 2.05) is 12.2 Å². The number of unbranched alkanes of at least 4 members (excludes halogenated alkanes) is 8. The lowest BCUT2D eigenvalue weighted by Crippen LogP contribution is -1.97. The molecular weight excluding hydrogens is 294 g/mol. The van der Waals surface area contributed by atoms with E-state index < -0.39 is 5.97 Å². The first-order chi connectivity index (χ1) is 11.1. The Morgan fingerprint density at radius 1 is 1.00 bits per heavy atom. The summed E-state index contributed by atoms with van der Waals surface area (Å²) in [5.74, 6) is -0.744. The van der Waals surface area contributed by atoms with Crippen molar-refractivity contribution < 1.29 is 14.8 Å². The molecule has 1 N–H and O–H groups in total. The third-order valence-electron chi connectivity index (χ3n) is 3.68. The standard InChI is InChI=1S/C18H31NO4/c1-2-3-4-5-8-11-14-17(19(22)23)15-12-9-6-7-10-13-16-18(20)21/h8,11,15H,2-7,9-10,12-14,16H2,1H3,(H,20,21)/b11-8-,17-15-. The van der Waals surface area contributed by atoms with Crippen LogP contribution in [0.15, 0.2) is 23.9 Å².